The van der Waals surface area contributed by atoms with Crippen LogP contribution in [0.15, 0.2) is 48.5 Å². The van der Waals surface area contributed by atoms with Gasteiger partial charge >= 0.3 is 5.97 Å². The molecule has 0 bridgehead atoms. The Balaban J connectivity index is 2.36. The molecule has 0 aliphatic carbocycles. The minimum absolute atomic E-state index is 0.0260. The molecule has 0 saturated heterocycles. The molecule has 0 radical (unpaired) electrons. The lowest BCUT2D eigenvalue weighted by Crippen LogP contribution is -2.02. The van der Waals surface area contributed by atoms with E-state index in [0.717, 1.165) is 16.5 Å². The van der Waals surface area contributed by atoms with Crippen molar-refractivity contribution >= 4 is 28.5 Å². The van der Waals surface area contributed by atoms with Crippen LogP contribution >= 0.6 is 11.6 Å². The average molecular weight is 314 g/mol. The molecule has 1 heterocycles. The Bertz CT molecular complexity index is 860. The van der Waals surface area contributed by atoms with Crippen molar-refractivity contribution in [3.63, 3.8) is 0 Å². The molecule has 2 aromatic carbocycles. The van der Waals surface area contributed by atoms with E-state index in [4.69, 9.17) is 16.3 Å². The van der Waals surface area contributed by atoms with Gasteiger partial charge in [0.25, 0.3) is 0 Å². The van der Waals surface area contributed by atoms with Gasteiger partial charge in [-0.05, 0) is 35.4 Å². The highest BCUT2D eigenvalue weighted by Crippen LogP contribution is 2.33. The summed E-state index contributed by atoms with van der Waals surface area (Å²) in [5.41, 5.74) is 2.14. The number of ether oxygens (including phenoxy) is 1. The molecule has 0 aliphatic heterocycles. The van der Waals surface area contributed by atoms with Crippen LogP contribution in [0.3, 0.4) is 0 Å². The number of aromatic nitrogens is 1. The molecular formula is C17H12ClNO3. The van der Waals surface area contributed by atoms with Crippen LogP contribution in [-0.4, -0.2) is 23.2 Å². The van der Waals surface area contributed by atoms with Crippen molar-refractivity contribution in [2.24, 2.45) is 0 Å². The van der Waals surface area contributed by atoms with E-state index in [1.807, 2.05) is 24.3 Å². The number of benzene rings is 2. The molecular weight excluding hydrogens is 302 g/mol. The first-order valence-electron chi connectivity index (χ1n) is 6.57. The molecule has 0 unspecified atom stereocenters. The van der Waals surface area contributed by atoms with Gasteiger partial charge in [-0.15, -0.1) is 0 Å². The van der Waals surface area contributed by atoms with Crippen molar-refractivity contribution in [2.45, 2.75) is 0 Å². The second kappa shape index (κ2) is 5.66. The molecule has 0 amide bonds. The fourth-order valence-electron chi connectivity index (χ4n) is 2.36. The van der Waals surface area contributed by atoms with E-state index in [1.54, 1.807) is 24.3 Å². The zero-order valence-electron chi connectivity index (χ0n) is 11.7. The molecule has 0 saturated carbocycles. The van der Waals surface area contributed by atoms with E-state index in [0.29, 0.717) is 16.3 Å². The predicted molar refractivity (Wildman–Crippen MR) is 85.7 cm³/mol. The first-order chi connectivity index (χ1) is 10.6. The Kier molecular flexibility index (Phi) is 3.69. The number of carbonyl (C=O) groups is 1. The van der Waals surface area contributed by atoms with Crippen molar-refractivity contribution in [3.05, 3.63) is 59.2 Å². The summed E-state index contributed by atoms with van der Waals surface area (Å²) in [4.78, 5) is 15.6. The van der Waals surface area contributed by atoms with Crippen LogP contribution in [0.2, 0.25) is 5.02 Å². The van der Waals surface area contributed by atoms with Gasteiger partial charge in [0.2, 0.25) is 0 Å². The molecule has 5 heteroatoms. The second-order valence-corrected chi connectivity index (χ2v) is 5.16. The summed E-state index contributed by atoms with van der Waals surface area (Å²) < 4.78 is 5.30. The number of para-hydroxylation sites is 1. The topological polar surface area (TPSA) is 59.4 Å². The second-order valence-electron chi connectivity index (χ2n) is 4.72. The van der Waals surface area contributed by atoms with Crippen molar-refractivity contribution in [2.75, 3.05) is 7.11 Å². The van der Waals surface area contributed by atoms with Crippen molar-refractivity contribution in [3.8, 4) is 16.9 Å². The molecule has 0 atom stereocenters. The molecule has 1 aromatic heterocycles. The van der Waals surface area contributed by atoms with Crippen LogP contribution in [-0.2, 0) is 0 Å². The number of hydrogen-bond acceptors (Lipinski definition) is 3. The molecule has 22 heavy (non-hydrogen) atoms. The third-order valence-electron chi connectivity index (χ3n) is 3.40. The van der Waals surface area contributed by atoms with Gasteiger partial charge in [-0.2, -0.15) is 0 Å². The smallest absolute Gasteiger partial charge is 0.354 e. The highest BCUT2D eigenvalue weighted by molar-refractivity contribution is 6.30. The van der Waals surface area contributed by atoms with Gasteiger partial charge in [0, 0.05) is 10.4 Å². The predicted octanol–water partition coefficient (Wildman–Crippen LogP) is 4.26. The van der Waals surface area contributed by atoms with E-state index in [1.165, 1.54) is 7.11 Å². The van der Waals surface area contributed by atoms with E-state index in [2.05, 4.69) is 4.98 Å². The van der Waals surface area contributed by atoms with Crippen LogP contribution in [0.25, 0.3) is 22.0 Å². The van der Waals surface area contributed by atoms with Gasteiger partial charge in [0.15, 0.2) is 0 Å². The maximum atomic E-state index is 11.4. The third kappa shape index (κ3) is 2.49. The Labute approximate surface area is 131 Å². The van der Waals surface area contributed by atoms with Gasteiger partial charge in [-0.1, -0.05) is 35.9 Å². The first-order valence-corrected chi connectivity index (χ1v) is 6.95. The summed E-state index contributed by atoms with van der Waals surface area (Å²) in [6, 6.07) is 14.3. The average Bonchev–Trinajstić information content (AvgIpc) is 2.54. The van der Waals surface area contributed by atoms with E-state index in [9.17, 15) is 9.90 Å². The van der Waals surface area contributed by atoms with Crippen LogP contribution in [0.1, 0.15) is 10.5 Å². The highest BCUT2D eigenvalue weighted by Gasteiger charge is 2.14. The Morgan fingerprint density at radius 3 is 2.55 bits per heavy atom. The molecule has 0 aliphatic rings. The van der Waals surface area contributed by atoms with Crippen LogP contribution in [0, 0.1) is 0 Å². The Hall–Kier alpha value is -2.59. The number of pyridine rings is 1. The monoisotopic (exact) mass is 313 g/mol. The minimum Gasteiger partial charge on any atom is -0.494 e. The minimum atomic E-state index is -1.08. The van der Waals surface area contributed by atoms with Crippen LogP contribution in [0.5, 0.6) is 5.75 Å². The summed E-state index contributed by atoms with van der Waals surface area (Å²) in [5.74, 6) is -0.543. The molecule has 1 N–H and O–H groups in total. The summed E-state index contributed by atoms with van der Waals surface area (Å²) >= 11 is 5.92. The third-order valence-corrected chi connectivity index (χ3v) is 3.65. The molecule has 3 aromatic rings. The van der Waals surface area contributed by atoms with Gasteiger partial charge < -0.3 is 9.84 Å². The number of hydrogen-bond donors (Lipinski definition) is 1. The first kappa shape index (κ1) is 14.4. The SMILES string of the molecule is COc1cccc2c(-c3ccc(Cl)cc3)cc(C(=O)O)nc12. The Morgan fingerprint density at radius 1 is 1.18 bits per heavy atom. The number of carboxylic acids is 1. The maximum Gasteiger partial charge on any atom is 0.354 e. The number of halogens is 1. The summed E-state index contributed by atoms with van der Waals surface area (Å²) in [5, 5.41) is 10.7. The van der Waals surface area contributed by atoms with Gasteiger partial charge in [-0.25, -0.2) is 9.78 Å². The zero-order valence-corrected chi connectivity index (χ0v) is 12.5. The van der Waals surface area contributed by atoms with Crippen LogP contribution in [0.4, 0.5) is 0 Å². The number of nitrogens with zero attached hydrogens (tertiary/aromatic N) is 1. The maximum absolute atomic E-state index is 11.4. The van der Waals surface area contributed by atoms with Gasteiger partial charge in [0.1, 0.15) is 17.0 Å². The molecule has 110 valence electrons. The molecule has 0 fully saturated rings. The number of rotatable bonds is 3. The lowest BCUT2D eigenvalue weighted by molar-refractivity contribution is 0.0691. The quantitative estimate of drug-likeness (QED) is 0.784. The largest absolute Gasteiger partial charge is 0.494 e. The molecule has 0 spiro atoms. The number of fused-ring (bicyclic) bond motifs is 1. The highest BCUT2D eigenvalue weighted by atomic mass is 35.5. The number of methoxy groups -OCH3 is 1. The fraction of sp³-hybridized carbons (Fsp3) is 0.0588. The fourth-order valence-corrected chi connectivity index (χ4v) is 2.49. The van der Waals surface area contributed by atoms with Crippen LogP contribution < -0.4 is 4.74 Å². The zero-order chi connectivity index (χ0) is 15.7. The van der Waals surface area contributed by atoms with E-state index >= 15 is 0 Å². The van der Waals surface area contributed by atoms with E-state index in [-0.39, 0.29) is 5.69 Å². The lowest BCUT2D eigenvalue weighted by Gasteiger charge is -2.11. The normalized spacial score (nSPS) is 10.6. The number of carboxylic acid groups (broad SMARTS) is 1. The summed E-state index contributed by atoms with van der Waals surface area (Å²) in [6.07, 6.45) is 0. The van der Waals surface area contributed by atoms with Gasteiger partial charge in [-0.3, -0.25) is 0 Å². The Morgan fingerprint density at radius 2 is 1.91 bits per heavy atom. The summed E-state index contributed by atoms with van der Waals surface area (Å²) in [6.45, 7) is 0. The standard InChI is InChI=1S/C17H12ClNO3/c1-22-15-4-2-3-12-13(10-5-7-11(18)8-6-10)9-14(17(20)21)19-16(12)15/h2-9H,1H3,(H,20,21). The van der Waals surface area contributed by atoms with Crippen molar-refractivity contribution < 1.29 is 14.6 Å². The van der Waals surface area contributed by atoms with Crippen molar-refractivity contribution in [1.29, 1.82) is 0 Å². The van der Waals surface area contributed by atoms with E-state index < -0.39 is 5.97 Å². The molecule has 4 nitrogen and oxygen atoms in total. The lowest BCUT2D eigenvalue weighted by atomic mass is 10.00. The molecule has 3 rings (SSSR count). The van der Waals surface area contributed by atoms with Gasteiger partial charge in [0.05, 0.1) is 7.11 Å². The number of aromatic carboxylic acids is 1. The summed E-state index contributed by atoms with van der Waals surface area (Å²) in [7, 11) is 1.53. The van der Waals surface area contributed by atoms with Crippen molar-refractivity contribution in [1.82, 2.24) is 4.98 Å².